The number of rotatable bonds is 7. The number of nitrogens with one attached hydrogen (secondary N) is 2. The third-order valence-corrected chi connectivity index (χ3v) is 4.62. The first-order chi connectivity index (χ1) is 12.5. The van der Waals surface area contributed by atoms with Crippen LogP contribution in [0.5, 0.6) is 5.75 Å². The maximum absolute atomic E-state index is 13.7. The number of likely N-dealkylation sites (tertiary alicyclic amines) is 1. The van der Waals surface area contributed by atoms with Gasteiger partial charge >= 0.3 is 0 Å². The zero-order valence-electron chi connectivity index (χ0n) is 16.9. The summed E-state index contributed by atoms with van der Waals surface area (Å²) in [5.41, 5.74) is 0. The molecule has 1 aromatic rings. The van der Waals surface area contributed by atoms with Crippen LogP contribution in [-0.4, -0.2) is 55.2 Å². The quantitative estimate of drug-likeness (QED) is 0.347. The van der Waals surface area contributed by atoms with Crippen molar-refractivity contribution in [3.63, 3.8) is 0 Å². The second-order valence-corrected chi connectivity index (χ2v) is 7.13. The first-order valence-electron chi connectivity index (χ1n) is 9.69. The Hall–Kier alpha value is -1.09. The van der Waals surface area contributed by atoms with Crippen LogP contribution in [0.4, 0.5) is 4.39 Å². The van der Waals surface area contributed by atoms with Gasteiger partial charge in [-0.2, -0.15) is 0 Å². The van der Waals surface area contributed by atoms with Gasteiger partial charge in [-0.3, -0.25) is 0 Å². The number of hydrogen-bond acceptors (Lipinski definition) is 3. The average Bonchev–Trinajstić information content (AvgIpc) is 2.62. The van der Waals surface area contributed by atoms with Gasteiger partial charge in [0.2, 0.25) is 0 Å². The van der Waals surface area contributed by atoms with E-state index in [-0.39, 0.29) is 41.6 Å². The Morgan fingerprint density at radius 3 is 2.52 bits per heavy atom. The minimum Gasteiger partial charge on any atom is -0.486 e. The summed E-state index contributed by atoms with van der Waals surface area (Å²) in [6.07, 6.45) is 2.03. The fourth-order valence-electron chi connectivity index (χ4n) is 3.09. The molecule has 1 unspecified atom stereocenters. The van der Waals surface area contributed by atoms with E-state index in [4.69, 9.17) is 4.74 Å². The lowest BCUT2D eigenvalue weighted by Gasteiger charge is -2.35. The maximum Gasteiger partial charge on any atom is 0.191 e. The third-order valence-electron chi connectivity index (χ3n) is 4.62. The number of para-hydroxylation sites is 1. The fourth-order valence-corrected chi connectivity index (χ4v) is 3.09. The summed E-state index contributed by atoms with van der Waals surface area (Å²) in [4.78, 5) is 7.13. The Labute approximate surface area is 180 Å². The molecule has 1 aliphatic heterocycles. The number of hydrogen-bond donors (Lipinski definition) is 2. The highest BCUT2D eigenvalue weighted by molar-refractivity contribution is 14.0. The predicted octanol–water partition coefficient (Wildman–Crippen LogP) is 3.64. The Morgan fingerprint density at radius 1 is 1.26 bits per heavy atom. The van der Waals surface area contributed by atoms with Crippen molar-refractivity contribution in [2.75, 3.05) is 26.2 Å². The molecule has 0 amide bonds. The van der Waals surface area contributed by atoms with Crippen molar-refractivity contribution in [2.24, 2.45) is 4.99 Å². The van der Waals surface area contributed by atoms with Crippen LogP contribution in [-0.2, 0) is 0 Å². The van der Waals surface area contributed by atoms with Crippen molar-refractivity contribution in [1.29, 1.82) is 0 Å². The molecular formula is C20H34FIN4O. The molecule has 1 aromatic carbocycles. The first kappa shape index (κ1) is 23.9. The maximum atomic E-state index is 13.7. The standard InChI is InChI=1S/C20H33FN4O.HI/c1-5-22-20(24-17-10-12-25(13-11-17)15(2)3)23-14-16(4)26-19-9-7-6-8-18(19)21;/h6-9,15-17H,5,10-14H2,1-4H3,(H2,22,23,24);1H. The largest absolute Gasteiger partial charge is 0.486 e. The molecule has 0 saturated carbocycles. The molecule has 7 heteroatoms. The van der Waals surface area contributed by atoms with Crippen molar-refractivity contribution >= 4 is 29.9 Å². The lowest BCUT2D eigenvalue weighted by Crippen LogP contribution is -2.50. The normalized spacial score (nSPS) is 17.3. The van der Waals surface area contributed by atoms with Gasteiger partial charge in [0.15, 0.2) is 17.5 Å². The number of guanidine groups is 1. The monoisotopic (exact) mass is 492 g/mol. The molecule has 1 atom stereocenters. The lowest BCUT2D eigenvalue weighted by atomic mass is 10.0. The molecule has 1 fully saturated rings. The first-order valence-corrected chi connectivity index (χ1v) is 9.69. The molecule has 1 saturated heterocycles. The number of halogens is 2. The molecule has 0 aromatic heterocycles. The zero-order chi connectivity index (χ0) is 18.9. The highest BCUT2D eigenvalue weighted by atomic mass is 127. The van der Waals surface area contributed by atoms with Crippen LogP contribution in [0.3, 0.4) is 0 Å². The van der Waals surface area contributed by atoms with Crippen LogP contribution >= 0.6 is 24.0 Å². The summed E-state index contributed by atoms with van der Waals surface area (Å²) < 4.78 is 19.3. The molecule has 0 spiro atoms. The van der Waals surface area contributed by atoms with Crippen molar-refractivity contribution in [3.05, 3.63) is 30.1 Å². The summed E-state index contributed by atoms with van der Waals surface area (Å²) in [5.74, 6) is 0.735. The summed E-state index contributed by atoms with van der Waals surface area (Å²) in [7, 11) is 0. The van der Waals surface area contributed by atoms with Crippen LogP contribution in [0.2, 0.25) is 0 Å². The minimum absolute atomic E-state index is 0. The van der Waals surface area contributed by atoms with Crippen molar-refractivity contribution in [2.45, 2.75) is 58.7 Å². The van der Waals surface area contributed by atoms with E-state index < -0.39 is 0 Å². The second kappa shape index (κ2) is 12.4. The van der Waals surface area contributed by atoms with Crippen molar-refractivity contribution in [3.8, 4) is 5.75 Å². The van der Waals surface area contributed by atoms with Crippen LogP contribution in [0.25, 0.3) is 0 Å². The van der Waals surface area contributed by atoms with Gasteiger partial charge in [0.05, 0.1) is 6.54 Å². The molecule has 2 N–H and O–H groups in total. The highest BCUT2D eigenvalue weighted by Gasteiger charge is 2.21. The molecular weight excluding hydrogens is 458 g/mol. The van der Waals surface area contributed by atoms with E-state index in [1.807, 2.05) is 6.92 Å². The topological polar surface area (TPSA) is 48.9 Å². The third kappa shape index (κ3) is 8.21. The number of benzene rings is 1. The molecule has 5 nitrogen and oxygen atoms in total. The molecule has 0 radical (unpaired) electrons. The van der Waals surface area contributed by atoms with E-state index in [2.05, 4.69) is 41.3 Å². The van der Waals surface area contributed by atoms with Gasteiger partial charge in [-0.15, -0.1) is 24.0 Å². The summed E-state index contributed by atoms with van der Waals surface area (Å²) in [5, 5.41) is 6.82. The number of ether oxygens (including phenoxy) is 1. The van der Waals surface area contributed by atoms with Gasteiger partial charge in [-0.05, 0) is 52.7 Å². The van der Waals surface area contributed by atoms with Gasteiger partial charge < -0.3 is 20.3 Å². The van der Waals surface area contributed by atoms with Gasteiger partial charge in [-0.25, -0.2) is 9.38 Å². The highest BCUT2D eigenvalue weighted by Crippen LogP contribution is 2.17. The minimum atomic E-state index is -0.342. The predicted molar refractivity (Wildman–Crippen MR) is 121 cm³/mol. The van der Waals surface area contributed by atoms with E-state index in [1.54, 1.807) is 18.2 Å². The second-order valence-electron chi connectivity index (χ2n) is 7.13. The smallest absolute Gasteiger partial charge is 0.191 e. The van der Waals surface area contributed by atoms with E-state index in [0.29, 0.717) is 18.6 Å². The number of nitrogens with zero attached hydrogens (tertiary/aromatic N) is 2. The average molecular weight is 492 g/mol. The summed E-state index contributed by atoms with van der Waals surface area (Å²) in [6.45, 7) is 11.9. The van der Waals surface area contributed by atoms with Crippen LogP contribution < -0.4 is 15.4 Å². The Bertz CT molecular complexity index is 577. The van der Waals surface area contributed by atoms with Crippen LogP contribution in [0.1, 0.15) is 40.5 Å². The Balaban J connectivity index is 0.00000364. The van der Waals surface area contributed by atoms with E-state index >= 15 is 0 Å². The molecule has 1 aliphatic rings. The van der Waals surface area contributed by atoms with Crippen molar-refractivity contribution in [1.82, 2.24) is 15.5 Å². The van der Waals surface area contributed by atoms with Crippen LogP contribution in [0.15, 0.2) is 29.3 Å². The molecule has 0 bridgehead atoms. The molecule has 0 aliphatic carbocycles. The van der Waals surface area contributed by atoms with Gasteiger partial charge in [0.1, 0.15) is 6.10 Å². The Morgan fingerprint density at radius 2 is 1.93 bits per heavy atom. The Kier molecular flexibility index (Phi) is 11.0. The molecule has 27 heavy (non-hydrogen) atoms. The van der Waals surface area contributed by atoms with E-state index in [1.165, 1.54) is 6.07 Å². The van der Waals surface area contributed by atoms with E-state index in [9.17, 15) is 4.39 Å². The number of aliphatic imine (C=N–C) groups is 1. The van der Waals surface area contributed by atoms with Crippen LogP contribution in [0, 0.1) is 5.82 Å². The van der Waals surface area contributed by atoms with Gasteiger partial charge in [0, 0.05) is 31.7 Å². The van der Waals surface area contributed by atoms with E-state index in [0.717, 1.165) is 38.4 Å². The van der Waals surface area contributed by atoms with Gasteiger partial charge in [-0.1, -0.05) is 12.1 Å². The SMILES string of the molecule is CCNC(=NCC(C)Oc1ccccc1F)NC1CCN(C(C)C)CC1.I. The summed E-state index contributed by atoms with van der Waals surface area (Å²) >= 11 is 0. The summed E-state index contributed by atoms with van der Waals surface area (Å²) in [6, 6.07) is 7.51. The molecule has 1 heterocycles. The number of piperidine rings is 1. The van der Waals surface area contributed by atoms with Gasteiger partial charge in [0.25, 0.3) is 0 Å². The fraction of sp³-hybridized carbons (Fsp3) is 0.650. The molecule has 154 valence electrons. The lowest BCUT2D eigenvalue weighted by molar-refractivity contribution is 0.167. The zero-order valence-corrected chi connectivity index (χ0v) is 19.2. The molecule has 2 rings (SSSR count). The van der Waals surface area contributed by atoms with Crippen molar-refractivity contribution < 1.29 is 9.13 Å².